The predicted octanol–water partition coefficient (Wildman–Crippen LogP) is 1.44. The summed E-state index contributed by atoms with van der Waals surface area (Å²) in [6, 6.07) is 0.150. The van der Waals surface area contributed by atoms with E-state index in [4.69, 9.17) is 0 Å². The molecular weight excluding hydrogens is 229 g/mol. The van der Waals surface area contributed by atoms with Crippen LogP contribution in [0.4, 0.5) is 4.39 Å². The lowest BCUT2D eigenvalue weighted by Crippen LogP contribution is -2.59. The topological polar surface area (TPSA) is 9.72 Å². The standard InChI is InChI=1S/C14H28FN3/c1-14(2,3)18-6-5-13(12(15)11-18)17-9-7-16(4)8-10-17/h12-13H,5-11H2,1-4H3. The molecule has 3 nitrogen and oxygen atoms in total. The number of piperazine rings is 1. The summed E-state index contributed by atoms with van der Waals surface area (Å²) in [5.74, 6) is 0. The number of likely N-dealkylation sites (tertiary alicyclic amines) is 1. The van der Waals surface area contributed by atoms with E-state index in [0.717, 1.165) is 39.1 Å². The van der Waals surface area contributed by atoms with Gasteiger partial charge in [0.1, 0.15) is 6.17 Å². The van der Waals surface area contributed by atoms with Gasteiger partial charge in [0.15, 0.2) is 0 Å². The molecule has 0 amide bonds. The van der Waals surface area contributed by atoms with Crippen LogP contribution in [0.5, 0.6) is 0 Å². The molecule has 2 aliphatic rings. The van der Waals surface area contributed by atoms with Crippen molar-refractivity contribution in [2.45, 2.75) is 44.9 Å². The van der Waals surface area contributed by atoms with Gasteiger partial charge >= 0.3 is 0 Å². The number of halogens is 1. The molecule has 2 unspecified atom stereocenters. The Morgan fingerprint density at radius 1 is 1.00 bits per heavy atom. The smallest absolute Gasteiger partial charge is 0.128 e. The summed E-state index contributed by atoms with van der Waals surface area (Å²) in [6.45, 7) is 12.4. The molecule has 2 aliphatic heterocycles. The van der Waals surface area contributed by atoms with Gasteiger partial charge in [0.05, 0.1) is 0 Å². The number of hydrogen-bond donors (Lipinski definition) is 0. The summed E-state index contributed by atoms with van der Waals surface area (Å²) in [5.41, 5.74) is 0.0947. The van der Waals surface area contributed by atoms with Crippen LogP contribution in [0, 0.1) is 0 Å². The monoisotopic (exact) mass is 257 g/mol. The van der Waals surface area contributed by atoms with Crippen molar-refractivity contribution >= 4 is 0 Å². The van der Waals surface area contributed by atoms with E-state index in [2.05, 4.69) is 42.5 Å². The fraction of sp³-hybridized carbons (Fsp3) is 1.00. The van der Waals surface area contributed by atoms with Gasteiger partial charge in [-0.3, -0.25) is 9.80 Å². The zero-order valence-corrected chi connectivity index (χ0v) is 12.3. The van der Waals surface area contributed by atoms with Crippen molar-refractivity contribution in [1.82, 2.24) is 14.7 Å². The molecule has 0 aliphatic carbocycles. The minimum atomic E-state index is -0.693. The molecule has 0 radical (unpaired) electrons. The number of alkyl halides is 1. The largest absolute Gasteiger partial charge is 0.304 e. The second kappa shape index (κ2) is 5.43. The average Bonchev–Trinajstić information content (AvgIpc) is 2.29. The second-order valence-electron chi connectivity index (χ2n) is 6.83. The highest BCUT2D eigenvalue weighted by Crippen LogP contribution is 2.25. The molecule has 0 N–H and O–H groups in total. The van der Waals surface area contributed by atoms with Crippen molar-refractivity contribution in [3.8, 4) is 0 Å². The zero-order chi connectivity index (χ0) is 13.3. The Balaban J connectivity index is 1.89. The Morgan fingerprint density at radius 2 is 1.61 bits per heavy atom. The van der Waals surface area contributed by atoms with Gasteiger partial charge in [0, 0.05) is 50.8 Å². The van der Waals surface area contributed by atoms with Crippen molar-refractivity contribution in [3.63, 3.8) is 0 Å². The van der Waals surface area contributed by atoms with Gasteiger partial charge in [-0.25, -0.2) is 4.39 Å². The molecule has 2 fully saturated rings. The van der Waals surface area contributed by atoms with E-state index in [-0.39, 0.29) is 11.6 Å². The summed E-state index contributed by atoms with van der Waals surface area (Å²) in [4.78, 5) is 6.98. The van der Waals surface area contributed by atoms with Crippen LogP contribution in [-0.4, -0.2) is 78.8 Å². The first kappa shape index (κ1) is 14.2. The van der Waals surface area contributed by atoms with E-state index in [9.17, 15) is 4.39 Å². The minimum Gasteiger partial charge on any atom is -0.304 e. The fourth-order valence-electron chi connectivity index (χ4n) is 3.07. The van der Waals surface area contributed by atoms with Crippen molar-refractivity contribution < 1.29 is 4.39 Å². The quantitative estimate of drug-likeness (QED) is 0.704. The number of nitrogens with zero attached hydrogens (tertiary/aromatic N) is 3. The van der Waals surface area contributed by atoms with Crippen LogP contribution in [0.2, 0.25) is 0 Å². The van der Waals surface area contributed by atoms with Gasteiger partial charge in [-0.05, 0) is 34.2 Å². The van der Waals surface area contributed by atoms with E-state index in [1.54, 1.807) is 0 Å². The number of likely N-dealkylation sites (N-methyl/N-ethyl adjacent to an activating group) is 1. The van der Waals surface area contributed by atoms with Crippen molar-refractivity contribution in [1.29, 1.82) is 0 Å². The van der Waals surface area contributed by atoms with Crippen molar-refractivity contribution in [2.24, 2.45) is 0 Å². The molecule has 2 rings (SSSR count). The van der Waals surface area contributed by atoms with Crippen LogP contribution in [0.15, 0.2) is 0 Å². The maximum atomic E-state index is 14.4. The van der Waals surface area contributed by atoms with Crippen LogP contribution in [0.1, 0.15) is 27.2 Å². The molecule has 18 heavy (non-hydrogen) atoms. The van der Waals surface area contributed by atoms with E-state index in [1.165, 1.54) is 0 Å². The molecule has 0 saturated carbocycles. The molecule has 4 heteroatoms. The van der Waals surface area contributed by atoms with Gasteiger partial charge in [-0.2, -0.15) is 0 Å². The maximum absolute atomic E-state index is 14.4. The first-order chi connectivity index (χ1) is 8.38. The summed E-state index contributed by atoms with van der Waals surface area (Å²) in [7, 11) is 2.15. The third kappa shape index (κ3) is 3.22. The van der Waals surface area contributed by atoms with Crippen LogP contribution >= 0.6 is 0 Å². The van der Waals surface area contributed by atoms with Gasteiger partial charge in [0.25, 0.3) is 0 Å². The third-order valence-electron chi connectivity index (χ3n) is 4.46. The zero-order valence-electron chi connectivity index (χ0n) is 12.3. The van der Waals surface area contributed by atoms with Crippen LogP contribution in [0.3, 0.4) is 0 Å². The Kier molecular flexibility index (Phi) is 4.29. The summed E-state index contributed by atoms with van der Waals surface area (Å²) < 4.78 is 14.4. The third-order valence-corrected chi connectivity index (χ3v) is 4.46. The van der Waals surface area contributed by atoms with Crippen molar-refractivity contribution in [2.75, 3.05) is 46.3 Å². The van der Waals surface area contributed by atoms with Gasteiger partial charge in [-0.1, -0.05) is 0 Å². The first-order valence-corrected chi connectivity index (χ1v) is 7.19. The molecular formula is C14H28FN3. The summed E-state index contributed by atoms with van der Waals surface area (Å²) >= 11 is 0. The van der Waals surface area contributed by atoms with Crippen LogP contribution in [-0.2, 0) is 0 Å². The van der Waals surface area contributed by atoms with Crippen LogP contribution < -0.4 is 0 Å². The normalized spacial score (nSPS) is 33.8. The Morgan fingerprint density at radius 3 is 2.11 bits per heavy atom. The van der Waals surface area contributed by atoms with E-state index < -0.39 is 6.17 Å². The Hall–Kier alpha value is -0.190. The molecule has 2 heterocycles. The lowest BCUT2D eigenvalue weighted by atomic mass is 9.95. The molecule has 0 bridgehead atoms. The summed E-state index contributed by atoms with van der Waals surface area (Å²) in [5, 5.41) is 0. The van der Waals surface area contributed by atoms with Crippen molar-refractivity contribution in [3.05, 3.63) is 0 Å². The number of hydrogen-bond acceptors (Lipinski definition) is 3. The van der Waals surface area contributed by atoms with Crippen LogP contribution in [0.25, 0.3) is 0 Å². The second-order valence-corrected chi connectivity index (χ2v) is 6.83. The highest BCUT2D eigenvalue weighted by Gasteiger charge is 2.37. The number of rotatable bonds is 1. The van der Waals surface area contributed by atoms with Gasteiger partial charge in [-0.15, -0.1) is 0 Å². The molecule has 106 valence electrons. The number of piperidine rings is 1. The summed E-state index contributed by atoms with van der Waals surface area (Å²) in [6.07, 6.45) is 0.281. The van der Waals surface area contributed by atoms with E-state index in [1.807, 2.05) is 0 Å². The Bertz CT molecular complexity index is 269. The highest BCUT2D eigenvalue weighted by atomic mass is 19.1. The predicted molar refractivity (Wildman–Crippen MR) is 73.7 cm³/mol. The minimum absolute atomic E-state index is 0.0947. The van der Waals surface area contributed by atoms with Gasteiger partial charge < -0.3 is 4.90 Å². The fourth-order valence-corrected chi connectivity index (χ4v) is 3.07. The maximum Gasteiger partial charge on any atom is 0.128 e. The average molecular weight is 257 g/mol. The van der Waals surface area contributed by atoms with E-state index >= 15 is 0 Å². The molecule has 0 aromatic carbocycles. The highest BCUT2D eigenvalue weighted by molar-refractivity contribution is 4.92. The molecule has 0 aromatic rings. The SMILES string of the molecule is CN1CCN(C2CCN(C(C)(C)C)CC2F)CC1. The lowest BCUT2D eigenvalue weighted by Gasteiger charge is -2.47. The van der Waals surface area contributed by atoms with Gasteiger partial charge in [0.2, 0.25) is 0 Å². The first-order valence-electron chi connectivity index (χ1n) is 7.19. The lowest BCUT2D eigenvalue weighted by molar-refractivity contribution is -0.0145. The molecule has 0 spiro atoms. The molecule has 0 aromatic heterocycles. The van der Waals surface area contributed by atoms with E-state index in [0.29, 0.717) is 6.54 Å². The molecule has 2 saturated heterocycles. The Labute approximate surface area is 111 Å². The molecule has 2 atom stereocenters.